The second kappa shape index (κ2) is 8.97. The topological polar surface area (TPSA) is 53.9 Å². The van der Waals surface area contributed by atoms with Gasteiger partial charge in [0.05, 0.1) is 17.7 Å². The minimum atomic E-state index is -0.147. The van der Waals surface area contributed by atoms with Crippen LogP contribution in [-0.4, -0.2) is 31.3 Å². The number of benzene rings is 2. The lowest BCUT2D eigenvalue weighted by Crippen LogP contribution is -2.21. The van der Waals surface area contributed by atoms with Gasteiger partial charge in [-0.2, -0.15) is 0 Å². The van der Waals surface area contributed by atoms with Crippen molar-refractivity contribution in [3.8, 4) is 5.75 Å². The van der Waals surface area contributed by atoms with Gasteiger partial charge in [0.25, 0.3) is 5.91 Å². The molecule has 3 rings (SSSR count). The Hall–Kier alpha value is -2.73. The van der Waals surface area contributed by atoms with Gasteiger partial charge in [-0.3, -0.25) is 4.79 Å². The van der Waals surface area contributed by atoms with E-state index in [2.05, 4.69) is 35.1 Å². The Bertz CT molecular complexity index is 933. The summed E-state index contributed by atoms with van der Waals surface area (Å²) in [5.74, 6) is 0.598. The number of nitrogens with one attached hydrogen (secondary N) is 1. The highest BCUT2D eigenvalue weighted by Crippen LogP contribution is 2.32. The predicted octanol–water partition coefficient (Wildman–Crippen LogP) is 4.74. The number of aliphatic imine (C=N–C) groups is 1. The summed E-state index contributed by atoms with van der Waals surface area (Å²) in [6.07, 6.45) is 1.85. The quantitative estimate of drug-likeness (QED) is 0.718. The predicted molar refractivity (Wildman–Crippen MR) is 119 cm³/mol. The molecule has 0 spiro atoms. The van der Waals surface area contributed by atoms with E-state index in [0.717, 1.165) is 41.3 Å². The maximum atomic E-state index is 12.4. The SMILES string of the molecule is CCN(CC)c1ccc(C=C2SC(=Nc3cccc(C)c3)NC2=O)c(OC)c1. The van der Waals surface area contributed by atoms with Crippen LogP contribution in [0.3, 0.4) is 0 Å². The Balaban J connectivity index is 1.86. The highest BCUT2D eigenvalue weighted by Gasteiger charge is 2.24. The van der Waals surface area contributed by atoms with Crippen LogP contribution in [0.4, 0.5) is 11.4 Å². The number of hydrogen-bond acceptors (Lipinski definition) is 5. The van der Waals surface area contributed by atoms with Crippen LogP contribution in [0.5, 0.6) is 5.75 Å². The van der Waals surface area contributed by atoms with Crippen LogP contribution in [0.2, 0.25) is 0 Å². The van der Waals surface area contributed by atoms with Gasteiger partial charge in [-0.1, -0.05) is 12.1 Å². The minimum Gasteiger partial charge on any atom is -0.496 e. The summed E-state index contributed by atoms with van der Waals surface area (Å²) in [6, 6.07) is 13.9. The third kappa shape index (κ3) is 4.57. The number of carbonyl (C=O) groups is 1. The van der Waals surface area contributed by atoms with Crippen molar-refractivity contribution in [3.63, 3.8) is 0 Å². The van der Waals surface area contributed by atoms with Gasteiger partial charge in [-0.25, -0.2) is 4.99 Å². The number of rotatable bonds is 6. The summed E-state index contributed by atoms with van der Waals surface area (Å²) in [4.78, 5) is 19.8. The van der Waals surface area contributed by atoms with Crippen LogP contribution in [-0.2, 0) is 4.79 Å². The van der Waals surface area contributed by atoms with E-state index in [-0.39, 0.29) is 5.91 Å². The van der Waals surface area contributed by atoms with Crippen molar-refractivity contribution in [1.29, 1.82) is 0 Å². The van der Waals surface area contributed by atoms with Crippen LogP contribution in [0.25, 0.3) is 6.08 Å². The van der Waals surface area contributed by atoms with Crippen LogP contribution in [0.15, 0.2) is 52.4 Å². The van der Waals surface area contributed by atoms with E-state index >= 15 is 0 Å². The molecule has 0 aromatic heterocycles. The number of ether oxygens (including phenoxy) is 1. The average Bonchev–Trinajstić information content (AvgIpc) is 3.02. The highest BCUT2D eigenvalue weighted by atomic mass is 32.2. The molecule has 146 valence electrons. The smallest absolute Gasteiger partial charge is 0.264 e. The zero-order valence-electron chi connectivity index (χ0n) is 16.7. The molecule has 2 aromatic rings. The van der Waals surface area contributed by atoms with E-state index in [4.69, 9.17) is 4.74 Å². The Labute approximate surface area is 170 Å². The van der Waals surface area contributed by atoms with Gasteiger partial charge in [0.15, 0.2) is 5.17 Å². The van der Waals surface area contributed by atoms with E-state index in [1.807, 2.05) is 49.4 Å². The Morgan fingerprint density at radius 1 is 1.18 bits per heavy atom. The number of amidine groups is 1. The molecule has 1 fully saturated rings. The van der Waals surface area contributed by atoms with E-state index in [1.54, 1.807) is 7.11 Å². The lowest BCUT2D eigenvalue weighted by atomic mass is 10.1. The molecule has 6 heteroatoms. The summed E-state index contributed by atoms with van der Waals surface area (Å²) in [5, 5.41) is 3.42. The van der Waals surface area contributed by atoms with Gasteiger partial charge in [0, 0.05) is 30.4 Å². The normalized spacial score (nSPS) is 16.5. The van der Waals surface area contributed by atoms with Crippen molar-refractivity contribution < 1.29 is 9.53 Å². The van der Waals surface area contributed by atoms with Crippen molar-refractivity contribution in [1.82, 2.24) is 5.32 Å². The third-order valence-corrected chi connectivity index (χ3v) is 5.43. The van der Waals surface area contributed by atoms with Crippen molar-refractivity contribution in [3.05, 3.63) is 58.5 Å². The van der Waals surface area contributed by atoms with E-state index in [0.29, 0.717) is 10.1 Å². The van der Waals surface area contributed by atoms with Crippen LogP contribution in [0, 0.1) is 6.92 Å². The Morgan fingerprint density at radius 2 is 1.96 bits per heavy atom. The van der Waals surface area contributed by atoms with Gasteiger partial charge in [0.1, 0.15) is 5.75 Å². The molecule has 1 saturated heterocycles. The molecule has 5 nitrogen and oxygen atoms in total. The first-order valence-corrected chi connectivity index (χ1v) is 10.1. The molecular weight excluding hydrogens is 370 g/mol. The summed E-state index contributed by atoms with van der Waals surface area (Å²) in [7, 11) is 1.65. The van der Waals surface area contributed by atoms with Gasteiger partial charge >= 0.3 is 0 Å². The van der Waals surface area contributed by atoms with Crippen LogP contribution >= 0.6 is 11.8 Å². The molecule has 1 aliphatic rings. The van der Waals surface area contributed by atoms with E-state index < -0.39 is 0 Å². The van der Waals surface area contributed by atoms with Gasteiger partial charge in [0.2, 0.25) is 0 Å². The highest BCUT2D eigenvalue weighted by molar-refractivity contribution is 8.18. The zero-order chi connectivity index (χ0) is 20.1. The first kappa shape index (κ1) is 20.0. The van der Waals surface area contributed by atoms with Crippen LogP contribution < -0.4 is 15.0 Å². The van der Waals surface area contributed by atoms with Crippen LogP contribution in [0.1, 0.15) is 25.0 Å². The average molecular weight is 396 g/mol. The number of methoxy groups -OCH3 is 1. The molecule has 0 saturated carbocycles. The summed E-state index contributed by atoms with van der Waals surface area (Å²) in [5.41, 5.74) is 3.93. The standard InChI is InChI=1S/C22H25N3O2S/c1-5-25(6-2)18-11-10-16(19(14-18)27-4)13-20-21(26)24-22(28-20)23-17-9-7-8-15(3)12-17/h7-14H,5-6H2,1-4H3,(H,23,24,26). The Kier molecular flexibility index (Phi) is 6.41. The molecule has 1 amide bonds. The number of anilines is 1. The second-order valence-electron chi connectivity index (χ2n) is 6.42. The van der Waals surface area contributed by atoms with Gasteiger partial charge in [-0.05, 0) is 68.4 Å². The molecular formula is C22H25N3O2S. The van der Waals surface area contributed by atoms with E-state index in [1.165, 1.54) is 11.8 Å². The molecule has 2 aromatic carbocycles. The van der Waals surface area contributed by atoms with Crippen molar-refractivity contribution >= 4 is 40.3 Å². The lowest BCUT2D eigenvalue weighted by Gasteiger charge is -2.22. The lowest BCUT2D eigenvalue weighted by molar-refractivity contribution is -0.115. The molecule has 1 aliphatic heterocycles. The minimum absolute atomic E-state index is 0.147. The number of thioether (sulfide) groups is 1. The molecule has 0 atom stereocenters. The molecule has 0 aliphatic carbocycles. The van der Waals surface area contributed by atoms with E-state index in [9.17, 15) is 4.79 Å². The second-order valence-corrected chi connectivity index (χ2v) is 7.45. The number of hydrogen-bond donors (Lipinski definition) is 1. The Morgan fingerprint density at radius 3 is 2.64 bits per heavy atom. The van der Waals surface area contributed by atoms with Gasteiger partial charge < -0.3 is 15.0 Å². The third-order valence-electron chi connectivity index (χ3n) is 4.52. The molecule has 28 heavy (non-hydrogen) atoms. The summed E-state index contributed by atoms with van der Waals surface area (Å²) < 4.78 is 5.56. The van der Waals surface area contributed by atoms with Crippen molar-refractivity contribution in [2.45, 2.75) is 20.8 Å². The fourth-order valence-electron chi connectivity index (χ4n) is 3.04. The first-order chi connectivity index (χ1) is 13.5. The summed E-state index contributed by atoms with van der Waals surface area (Å²) >= 11 is 1.34. The largest absolute Gasteiger partial charge is 0.496 e. The van der Waals surface area contributed by atoms with Gasteiger partial charge in [-0.15, -0.1) is 0 Å². The molecule has 0 radical (unpaired) electrons. The number of aryl methyl sites for hydroxylation is 1. The molecule has 0 bridgehead atoms. The number of carbonyl (C=O) groups excluding carboxylic acids is 1. The summed E-state index contributed by atoms with van der Waals surface area (Å²) in [6.45, 7) is 8.12. The zero-order valence-corrected chi connectivity index (χ0v) is 17.5. The number of amides is 1. The maximum absolute atomic E-state index is 12.4. The molecule has 1 N–H and O–H groups in total. The fourth-order valence-corrected chi connectivity index (χ4v) is 3.87. The maximum Gasteiger partial charge on any atom is 0.264 e. The monoisotopic (exact) mass is 395 g/mol. The van der Waals surface area contributed by atoms with Crippen molar-refractivity contribution in [2.24, 2.45) is 4.99 Å². The van der Waals surface area contributed by atoms with Crippen molar-refractivity contribution in [2.75, 3.05) is 25.1 Å². The first-order valence-electron chi connectivity index (χ1n) is 9.33. The fraction of sp³-hybridized carbons (Fsp3) is 0.273. The molecule has 1 heterocycles. The molecule has 0 unspecified atom stereocenters. The number of nitrogens with zero attached hydrogens (tertiary/aromatic N) is 2.